The van der Waals surface area contributed by atoms with Crippen molar-refractivity contribution in [2.24, 2.45) is 5.92 Å². The van der Waals surface area contributed by atoms with Crippen molar-refractivity contribution < 1.29 is 18.0 Å². The van der Waals surface area contributed by atoms with Gasteiger partial charge in [-0.15, -0.1) is 0 Å². The molecular formula is C29H32Cl3N3O4S. The highest BCUT2D eigenvalue weighted by Gasteiger charge is 2.33. The highest BCUT2D eigenvalue weighted by atomic mass is 35.5. The molecule has 0 aliphatic carbocycles. The van der Waals surface area contributed by atoms with Gasteiger partial charge in [-0.2, -0.15) is 0 Å². The molecule has 7 nitrogen and oxygen atoms in total. The van der Waals surface area contributed by atoms with Gasteiger partial charge in [0.05, 0.1) is 10.6 Å². The number of benzene rings is 3. The third-order valence-electron chi connectivity index (χ3n) is 6.30. The number of anilines is 1. The van der Waals surface area contributed by atoms with E-state index in [0.29, 0.717) is 27.2 Å². The highest BCUT2D eigenvalue weighted by Crippen LogP contribution is 2.30. The number of aryl methyl sites for hydroxylation is 1. The van der Waals surface area contributed by atoms with Crippen molar-refractivity contribution in [1.82, 2.24) is 10.2 Å². The Morgan fingerprint density at radius 1 is 0.875 bits per heavy atom. The molecule has 0 unspecified atom stereocenters. The molecule has 0 radical (unpaired) electrons. The van der Waals surface area contributed by atoms with Gasteiger partial charge in [0.15, 0.2) is 0 Å². The average Bonchev–Trinajstić information content (AvgIpc) is 2.91. The quantitative estimate of drug-likeness (QED) is 0.270. The van der Waals surface area contributed by atoms with E-state index >= 15 is 0 Å². The first-order valence-corrected chi connectivity index (χ1v) is 15.2. The average molecular weight is 625 g/mol. The molecule has 11 heteroatoms. The number of halogens is 3. The van der Waals surface area contributed by atoms with Crippen molar-refractivity contribution in [3.8, 4) is 0 Å². The number of carbonyl (C=O) groups is 2. The number of amides is 2. The predicted octanol–water partition coefficient (Wildman–Crippen LogP) is 6.34. The number of sulfonamides is 1. The predicted molar refractivity (Wildman–Crippen MR) is 161 cm³/mol. The van der Waals surface area contributed by atoms with Crippen LogP contribution in [0.5, 0.6) is 0 Å². The molecule has 214 valence electrons. The zero-order chi connectivity index (χ0) is 29.6. The monoisotopic (exact) mass is 623 g/mol. The molecule has 0 aliphatic heterocycles. The van der Waals surface area contributed by atoms with Crippen molar-refractivity contribution >= 4 is 62.3 Å². The minimum atomic E-state index is -4.19. The first kappa shape index (κ1) is 31.7. The summed E-state index contributed by atoms with van der Waals surface area (Å²) in [6, 6.07) is 16.5. The van der Waals surface area contributed by atoms with Gasteiger partial charge in [-0.05, 0) is 61.7 Å². The standard InChI is InChI=1S/C29H32Cl3N3O4S/c1-19(2)16-33-29(37)21(4)34(17-24-25(30)11-8-12-26(24)31)28(36)18-35(22-14-13-20(3)27(32)15-22)40(38,39)23-9-6-5-7-10-23/h5-15,19,21H,16-18H2,1-4H3,(H,33,37)/t21-/m0/s1. The van der Waals surface area contributed by atoms with E-state index in [1.54, 1.807) is 62.4 Å². The number of hydrogen-bond donors (Lipinski definition) is 1. The van der Waals surface area contributed by atoms with Crippen LogP contribution >= 0.6 is 34.8 Å². The number of nitrogens with one attached hydrogen (secondary N) is 1. The number of nitrogens with zero attached hydrogens (tertiary/aromatic N) is 2. The summed E-state index contributed by atoms with van der Waals surface area (Å²) in [6.07, 6.45) is 0. The first-order valence-electron chi connectivity index (χ1n) is 12.7. The van der Waals surface area contributed by atoms with E-state index in [4.69, 9.17) is 34.8 Å². The molecule has 0 aromatic heterocycles. The summed E-state index contributed by atoms with van der Waals surface area (Å²) < 4.78 is 28.6. The third kappa shape index (κ3) is 7.69. The van der Waals surface area contributed by atoms with Crippen LogP contribution in [0.25, 0.3) is 0 Å². The van der Waals surface area contributed by atoms with Crippen LogP contribution in [0.15, 0.2) is 71.6 Å². The molecule has 0 spiro atoms. The normalized spacial score (nSPS) is 12.2. The minimum Gasteiger partial charge on any atom is -0.354 e. The Hall–Kier alpha value is -2.78. The fraction of sp³-hybridized carbons (Fsp3) is 0.310. The van der Waals surface area contributed by atoms with E-state index in [9.17, 15) is 18.0 Å². The number of rotatable bonds is 11. The van der Waals surface area contributed by atoms with Gasteiger partial charge in [-0.25, -0.2) is 8.42 Å². The molecule has 1 N–H and O–H groups in total. The van der Waals surface area contributed by atoms with E-state index in [2.05, 4.69) is 5.32 Å². The molecule has 2 amide bonds. The largest absolute Gasteiger partial charge is 0.354 e. The lowest BCUT2D eigenvalue weighted by Gasteiger charge is -2.32. The molecular weight excluding hydrogens is 593 g/mol. The van der Waals surface area contributed by atoms with Crippen molar-refractivity contribution in [1.29, 1.82) is 0 Å². The van der Waals surface area contributed by atoms with Crippen LogP contribution in [0.4, 0.5) is 5.69 Å². The van der Waals surface area contributed by atoms with E-state index in [0.717, 1.165) is 9.87 Å². The molecule has 40 heavy (non-hydrogen) atoms. The van der Waals surface area contributed by atoms with E-state index in [1.165, 1.54) is 23.1 Å². The van der Waals surface area contributed by atoms with Crippen LogP contribution in [0.1, 0.15) is 31.9 Å². The Morgan fingerprint density at radius 3 is 2.08 bits per heavy atom. The van der Waals surface area contributed by atoms with Gasteiger partial charge in [0, 0.05) is 33.7 Å². The molecule has 0 saturated carbocycles. The van der Waals surface area contributed by atoms with Crippen LogP contribution in [0, 0.1) is 12.8 Å². The van der Waals surface area contributed by atoms with Crippen LogP contribution in [0.3, 0.4) is 0 Å². The zero-order valence-corrected chi connectivity index (χ0v) is 25.8. The van der Waals surface area contributed by atoms with Gasteiger partial charge in [0.1, 0.15) is 12.6 Å². The molecule has 0 bridgehead atoms. The van der Waals surface area contributed by atoms with Crippen molar-refractivity contribution in [3.63, 3.8) is 0 Å². The molecule has 0 fully saturated rings. The Bertz CT molecular complexity index is 1450. The lowest BCUT2D eigenvalue weighted by atomic mass is 10.1. The van der Waals surface area contributed by atoms with Gasteiger partial charge >= 0.3 is 0 Å². The third-order valence-corrected chi connectivity index (χ3v) is 9.20. The lowest BCUT2D eigenvalue weighted by Crippen LogP contribution is -2.51. The van der Waals surface area contributed by atoms with Gasteiger partial charge in [0.25, 0.3) is 10.0 Å². The Balaban J connectivity index is 2.06. The lowest BCUT2D eigenvalue weighted by molar-refractivity contribution is -0.139. The SMILES string of the molecule is Cc1ccc(N(CC(=O)N(Cc2c(Cl)cccc2Cl)[C@@H](C)C(=O)NCC(C)C)S(=O)(=O)c2ccccc2)cc1Cl. The van der Waals surface area contributed by atoms with Crippen LogP contribution in [0.2, 0.25) is 15.1 Å². The maximum absolute atomic E-state index is 14.0. The molecule has 0 heterocycles. The molecule has 3 rings (SSSR count). The molecule has 0 aliphatic rings. The first-order chi connectivity index (χ1) is 18.8. The molecule has 0 saturated heterocycles. The van der Waals surface area contributed by atoms with Gasteiger partial charge in [0.2, 0.25) is 11.8 Å². The fourth-order valence-corrected chi connectivity index (χ4v) is 5.99. The van der Waals surface area contributed by atoms with Gasteiger partial charge in [-0.1, -0.05) is 79.0 Å². The fourth-order valence-electron chi connectivity index (χ4n) is 3.87. The topological polar surface area (TPSA) is 86.8 Å². The Labute approximate surface area is 251 Å². The van der Waals surface area contributed by atoms with Gasteiger partial charge < -0.3 is 10.2 Å². The second-order valence-corrected chi connectivity index (χ2v) is 12.9. The van der Waals surface area contributed by atoms with E-state index in [-0.39, 0.29) is 29.0 Å². The summed E-state index contributed by atoms with van der Waals surface area (Å²) in [5.74, 6) is -0.823. The van der Waals surface area contributed by atoms with E-state index in [1.807, 2.05) is 13.8 Å². The van der Waals surface area contributed by atoms with Gasteiger partial charge in [-0.3, -0.25) is 13.9 Å². The summed E-state index contributed by atoms with van der Waals surface area (Å²) >= 11 is 19.2. The maximum atomic E-state index is 14.0. The Kier molecular flexibility index (Phi) is 10.9. The second kappa shape index (κ2) is 13.7. The summed E-state index contributed by atoms with van der Waals surface area (Å²) in [7, 11) is -4.19. The van der Waals surface area contributed by atoms with Crippen molar-refractivity contribution in [3.05, 3.63) is 92.9 Å². The maximum Gasteiger partial charge on any atom is 0.264 e. The Morgan fingerprint density at radius 2 is 1.50 bits per heavy atom. The number of carbonyl (C=O) groups excluding carboxylic acids is 2. The van der Waals surface area contributed by atoms with Crippen LogP contribution in [-0.2, 0) is 26.2 Å². The summed E-state index contributed by atoms with van der Waals surface area (Å²) in [4.78, 5) is 28.4. The van der Waals surface area contributed by atoms with E-state index < -0.39 is 28.5 Å². The van der Waals surface area contributed by atoms with Crippen LogP contribution < -0.4 is 9.62 Å². The van der Waals surface area contributed by atoms with Crippen molar-refractivity contribution in [2.75, 3.05) is 17.4 Å². The molecule has 3 aromatic carbocycles. The minimum absolute atomic E-state index is 0.00270. The highest BCUT2D eigenvalue weighted by molar-refractivity contribution is 7.92. The number of hydrogen-bond acceptors (Lipinski definition) is 4. The van der Waals surface area contributed by atoms with Crippen LogP contribution in [-0.4, -0.2) is 44.3 Å². The second-order valence-electron chi connectivity index (χ2n) is 9.80. The molecule has 1 atom stereocenters. The summed E-state index contributed by atoms with van der Waals surface area (Å²) in [6.45, 7) is 6.99. The molecule has 3 aromatic rings. The smallest absolute Gasteiger partial charge is 0.264 e. The zero-order valence-electron chi connectivity index (χ0n) is 22.7. The summed E-state index contributed by atoms with van der Waals surface area (Å²) in [5, 5.41) is 3.82. The summed E-state index contributed by atoms with van der Waals surface area (Å²) in [5.41, 5.74) is 1.40. The van der Waals surface area contributed by atoms with Crippen molar-refractivity contribution in [2.45, 2.75) is 45.2 Å².